The van der Waals surface area contributed by atoms with Crippen LogP contribution in [0.5, 0.6) is 5.75 Å². The fourth-order valence-corrected chi connectivity index (χ4v) is 6.19. The van der Waals surface area contributed by atoms with E-state index in [9.17, 15) is 4.39 Å². The van der Waals surface area contributed by atoms with Crippen molar-refractivity contribution in [3.63, 3.8) is 0 Å². The topological polar surface area (TPSA) is 139 Å². The normalized spacial score (nSPS) is 19.4. The van der Waals surface area contributed by atoms with Gasteiger partial charge in [0.1, 0.15) is 6.54 Å². The Bertz CT molecular complexity index is 1240. The summed E-state index contributed by atoms with van der Waals surface area (Å²) in [6, 6.07) is 5.26. The van der Waals surface area contributed by atoms with E-state index < -0.39 is 5.82 Å². The molecule has 1 aromatic heterocycles. The number of hydrogen-bond donors (Lipinski definition) is 3. The largest absolute Gasteiger partial charge is 1.00 e. The standard InChI is InChI=1S/C36H61FN7O7.ClH/c1-44(16-17-47-20-21-49-24-25-51-27-26-50-23-22-48-19-18-45-2)14-12-30(13-15-44)39-35-41-34(38-29-8-6-4-5-7-9-29)42-36(43-35)40-31-10-11-33(46-3)32(37)28-31;/h10-11,28-30H,4-9,12-27H2,1-3H3,(H3,38,39,40,41,42,43);1H/q+1;/p-1. The molecule has 2 heterocycles. The van der Waals surface area contributed by atoms with Gasteiger partial charge in [0.15, 0.2) is 11.6 Å². The fourth-order valence-electron chi connectivity index (χ4n) is 6.19. The molecule has 0 spiro atoms. The van der Waals surface area contributed by atoms with Crippen LogP contribution in [-0.4, -0.2) is 145 Å². The van der Waals surface area contributed by atoms with Gasteiger partial charge in [0.25, 0.3) is 0 Å². The Morgan fingerprint density at radius 1 is 0.654 bits per heavy atom. The number of benzene rings is 1. The van der Waals surface area contributed by atoms with Gasteiger partial charge in [0, 0.05) is 43.8 Å². The molecule has 14 nitrogen and oxygen atoms in total. The first kappa shape index (κ1) is 43.8. The Morgan fingerprint density at radius 3 is 1.63 bits per heavy atom. The molecule has 1 aliphatic heterocycles. The van der Waals surface area contributed by atoms with E-state index in [1.54, 1.807) is 19.2 Å². The first-order chi connectivity index (χ1) is 25.0. The number of likely N-dealkylation sites (tertiary alicyclic amines) is 1. The maximum absolute atomic E-state index is 14.4. The zero-order chi connectivity index (χ0) is 36.0. The molecule has 1 saturated carbocycles. The Morgan fingerprint density at radius 2 is 1.13 bits per heavy atom. The number of ether oxygens (including phenoxy) is 7. The number of anilines is 4. The van der Waals surface area contributed by atoms with Gasteiger partial charge >= 0.3 is 0 Å². The summed E-state index contributed by atoms with van der Waals surface area (Å²) in [7, 11) is 5.39. The third kappa shape index (κ3) is 17.0. The third-order valence-electron chi connectivity index (χ3n) is 9.30. The van der Waals surface area contributed by atoms with E-state index in [0.717, 1.165) is 49.8 Å². The first-order valence-corrected chi connectivity index (χ1v) is 18.6. The molecule has 2 aliphatic rings. The molecule has 52 heavy (non-hydrogen) atoms. The quantitative estimate of drug-likeness (QED) is 0.0770. The lowest BCUT2D eigenvalue weighted by Crippen LogP contribution is -3.00. The van der Waals surface area contributed by atoms with Gasteiger partial charge in [0.2, 0.25) is 17.8 Å². The highest BCUT2D eigenvalue weighted by Gasteiger charge is 2.30. The van der Waals surface area contributed by atoms with E-state index in [1.807, 2.05) is 0 Å². The van der Waals surface area contributed by atoms with Crippen LogP contribution in [0.2, 0.25) is 0 Å². The highest BCUT2D eigenvalue weighted by molar-refractivity contribution is 5.57. The van der Waals surface area contributed by atoms with Gasteiger partial charge in [0.05, 0.1) is 99.9 Å². The number of nitrogens with one attached hydrogen (secondary N) is 3. The summed E-state index contributed by atoms with van der Waals surface area (Å²) in [6.07, 6.45) is 9.07. The predicted molar refractivity (Wildman–Crippen MR) is 195 cm³/mol. The number of nitrogens with zero attached hydrogens (tertiary/aromatic N) is 4. The number of rotatable bonds is 25. The zero-order valence-corrected chi connectivity index (χ0v) is 32.1. The number of aromatic nitrogens is 3. The molecule has 1 saturated heterocycles. The lowest BCUT2D eigenvalue weighted by molar-refractivity contribution is -0.914. The van der Waals surface area contributed by atoms with Crippen LogP contribution in [0.4, 0.5) is 27.9 Å². The molecule has 0 atom stereocenters. The van der Waals surface area contributed by atoms with Gasteiger partial charge in [-0.15, -0.1) is 0 Å². The van der Waals surface area contributed by atoms with Gasteiger partial charge in [-0.25, -0.2) is 4.39 Å². The summed E-state index contributed by atoms with van der Waals surface area (Å²) >= 11 is 0. The van der Waals surface area contributed by atoms with E-state index in [0.29, 0.717) is 102 Å². The Labute approximate surface area is 315 Å². The van der Waals surface area contributed by atoms with Crippen LogP contribution >= 0.6 is 0 Å². The Kier molecular flexibility index (Phi) is 21.4. The second kappa shape index (κ2) is 25.4. The number of quaternary nitrogens is 1. The van der Waals surface area contributed by atoms with Crippen molar-refractivity contribution in [2.24, 2.45) is 0 Å². The fraction of sp³-hybridized carbons (Fsp3) is 0.750. The summed E-state index contributed by atoms with van der Waals surface area (Å²) in [5.74, 6) is 1.14. The lowest BCUT2D eigenvalue weighted by Gasteiger charge is -2.40. The van der Waals surface area contributed by atoms with E-state index in [1.165, 1.54) is 38.9 Å². The molecular formula is C36H61ClFN7O7. The van der Waals surface area contributed by atoms with Crippen LogP contribution in [0.15, 0.2) is 18.2 Å². The number of likely N-dealkylation sites (N-methyl/N-ethyl adjacent to an activating group) is 1. The molecule has 1 aliphatic carbocycles. The number of methoxy groups -OCH3 is 2. The van der Waals surface area contributed by atoms with E-state index >= 15 is 0 Å². The summed E-state index contributed by atoms with van der Waals surface area (Å²) in [4.78, 5) is 14.1. The summed E-state index contributed by atoms with van der Waals surface area (Å²) in [5.41, 5.74) is 0.535. The molecular weight excluding hydrogens is 697 g/mol. The average Bonchev–Trinajstić information content (AvgIpc) is 3.39. The maximum atomic E-state index is 14.4. The van der Waals surface area contributed by atoms with Gasteiger partial charge in [-0.2, -0.15) is 15.0 Å². The van der Waals surface area contributed by atoms with Crippen molar-refractivity contribution in [3.8, 4) is 5.75 Å². The molecule has 4 rings (SSSR count). The van der Waals surface area contributed by atoms with E-state index in [2.05, 4.69) is 33.0 Å². The van der Waals surface area contributed by atoms with Crippen molar-refractivity contribution in [2.75, 3.05) is 130 Å². The highest BCUT2D eigenvalue weighted by atomic mass is 35.5. The maximum Gasteiger partial charge on any atom is 0.233 e. The number of piperidine rings is 1. The molecule has 2 aromatic rings. The second-order valence-electron chi connectivity index (χ2n) is 13.4. The van der Waals surface area contributed by atoms with Gasteiger partial charge in [-0.3, -0.25) is 0 Å². The average molecular weight is 758 g/mol. The van der Waals surface area contributed by atoms with Crippen LogP contribution in [0, 0.1) is 5.82 Å². The van der Waals surface area contributed by atoms with Crippen molar-refractivity contribution >= 4 is 23.5 Å². The van der Waals surface area contributed by atoms with Crippen LogP contribution < -0.4 is 33.1 Å². The van der Waals surface area contributed by atoms with Crippen molar-refractivity contribution < 1.29 is 54.4 Å². The molecule has 2 fully saturated rings. The van der Waals surface area contributed by atoms with E-state index in [-0.39, 0.29) is 24.2 Å². The molecule has 16 heteroatoms. The lowest BCUT2D eigenvalue weighted by atomic mass is 10.0. The monoisotopic (exact) mass is 757 g/mol. The molecule has 0 radical (unpaired) electrons. The molecule has 0 unspecified atom stereocenters. The summed E-state index contributed by atoms with van der Waals surface area (Å²) < 4.78 is 53.2. The first-order valence-electron chi connectivity index (χ1n) is 18.6. The van der Waals surface area contributed by atoms with Crippen molar-refractivity contribution in [2.45, 2.75) is 63.5 Å². The minimum absolute atomic E-state index is 0. The van der Waals surface area contributed by atoms with Crippen LogP contribution in [-0.2, 0) is 28.4 Å². The van der Waals surface area contributed by atoms with Gasteiger partial charge in [-0.05, 0) is 25.0 Å². The van der Waals surface area contributed by atoms with Crippen molar-refractivity contribution in [1.82, 2.24) is 15.0 Å². The van der Waals surface area contributed by atoms with Crippen LogP contribution in [0.1, 0.15) is 51.4 Å². The van der Waals surface area contributed by atoms with Crippen molar-refractivity contribution in [1.29, 1.82) is 0 Å². The Balaban J connectivity index is 0.00000729. The molecule has 3 N–H and O–H groups in total. The van der Waals surface area contributed by atoms with Gasteiger partial charge < -0.3 is 66.0 Å². The summed E-state index contributed by atoms with van der Waals surface area (Å²) in [6.45, 7) is 9.18. The van der Waals surface area contributed by atoms with Crippen LogP contribution in [0.25, 0.3) is 0 Å². The Hall–Kier alpha value is -2.63. The smallest absolute Gasteiger partial charge is 0.233 e. The van der Waals surface area contributed by atoms with E-state index in [4.69, 9.17) is 38.1 Å². The third-order valence-corrected chi connectivity index (χ3v) is 9.30. The minimum atomic E-state index is -0.454. The number of hydrogen-bond acceptors (Lipinski definition) is 13. The predicted octanol–water partition coefficient (Wildman–Crippen LogP) is 1.65. The molecule has 0 bridgehead atoms. The SMILES string of the molecule is COCCOCCOCCOCCOCCOCC[N+]1(C)CCC(Nc2nc(Nc3ccc(OC)c(F)c3)nc(NC3CCCCCC3)n2)CC1.[Cl-]. The van der Waals surface area contributed by atoms with Gasteiger partial charge in [-0.1, -0.05) is 25.7 Å². The molecule has 1 aromatic carbocycles. The number of halogens is 2. The molecule has 0 amide bonds. The van der Waals surface area contributed by atoms with Crippen LogP contribution in [0.3, 0.4) is 0 Å². The second-order valence-corrected chi connectivity index (χ2v) is 13.4. The van der Waals surface area contributed by atoms with Crippen molar-refractivity contribution in [3.05, 3.63) is 24.0 Å². The minimum Gasteiger partial charge on any atom is -1.00 e. The highest BCUT2D eigenvalue weighted by Crippen LogP contribution is 2.26. The zero-order valence-electron chi connectivity index (χ0n) is 31.3. The summed E-state index contributed by atoms with van der Waals surface area (Å²) in [5, 5.41) is 10.3. The molecule has 296 valence electrons.